The van der Waals surface area contributed by atoms with Gasteiger partial charge in [-0.1, -0.05) is 18.2 Å². The van der Waals surface area contributed by atoms with Gasteiger partial charge in [0.15, 0.2) is 0 Å². The maximum atomic E-state index is 13.5. The summed E-state index contributed by atoms with van der Waals surface area (Å²) >= 11 is 0. The van der Waals surface area contributed by atoms with E-state index in [1.165, 1.54) is 30.3 Å². The molecular weight excluding hydrogens is 396 g/mol. The fraction of sp³-hybridized carbons (Fsp3) is 0.350. The molecule has 0 radical (unpaired) electrons. The van der Waals surface area contributed by atoms with Crippen molar-refractivity contribution in [3.63, 3.8) is 0 Å². The third-order valence-corrected chi connectivity index (χ3v) is 4.94. The average molecular weight is 413 g/mol. The molecule has 2 N–H and O–H groups in total. The first-order valence-corrected chi connectivity index (χ1v) is 8.86. The lowest BCUT2D eigenvalue weighted by Gasteiger charge is -2.29. The summed E-state index contributed by atoms with van der Waals surface area (Å²) in [5.41, 5.74) is -2.51. The zero-order chi connectivity index (χ0) is 21.2. The number of benzene rings is 2. The zero-order valence-corrected chi connectivity index (χ0v) is 15.0. The minimum Gasteiger partial charge on any atom is -0.378 e. The lowest BCUT2D eigenvalue weighted by molar-refractivity contribution is -0.138. The minimum atomic E-state index is -4.75. The largest absolute Gasteiger partial charge is 0.417 e. The molecule has 1 aliphatic heterocycles. The van der Waals surface area contributed by atoms with Gasteiger partial charge in [-0.05, 0) is 48.7 Å². The van der Waals surface area contributed by atoms with Gasteiger partial charge in [0, 0.05) is 12.2 Å². The van der Waals surface area contributed by atoms with Crippen molar-refractivity contribution in [3.8, 4) is 6.07 Å². The highest BCUT2D eigenvalue weighted by Gasteiger charge is 2.38. The van der Waals surface area contributed by atoms with E-state index in [0.717, 1.165) is 18.2 Å². The zero-order valence-electron chi connectivity index (χ0n) is 15.0. The number of hydrogen-bond donors (Lipinski definition) is 2. The second-order valence-electron chi connectivity index (χ2n) is 6.83. The van der Waals surface area contributed by atoms with Crippen LogP contribution in [0.25, 0.3) is 0 Å². The Bertz CT molecular complexity index is 908. The summed E-state index contributed by atoms with van der Waals surface area (Å²) < 4.78 is 80.4. The van der Waals surface area contributed by atoms with E-state index < -0.39 is 35.1 Å². The van der Waals surface area contributed by atoms with E-state index in [2.05, 4.69) is 10.6 Å². The molecule has 0 saturated carbocycles. The molecule has 29 heavy (non-hydrogen) atoms. The molecule has 0 bridgehead atoms. The van der Waals surface area contributed by atoms with Crippen LogP contribution in [0, 0.1) is 17.2 Å². The van der Waals surface area contributed by atoms with Gasteiger partial charge in [-0.3, -0.25) is 0 Å². The molecule has 1 unspecified atom stereocenters. The van der Waals surface area contributed by atoms with Gasteiger partial charge in [-0.25, -0.2) is 0 Å². The van der Waals surface area contributed by atoms with Crippen LogP contribution in [0.2, 0.25) is 0 Å². The molecule has 1 fully saturated rings. The summed E-state index contributed by atoms with van der Waals surface area (Å²) in [7, 11) is 0. The smallest absolute Gasteiger partial charge is 0.378 e. The first kappa shape index (κ1) is 21.0. The van der Waals surface area contributed by atoms with Crippen LogP contribution in [0.5, 0.6) is 0 Å². The number of nitrogens with zero attached hydrogens (tertiary/aromatic N) is 1. The predicted molar refractivity (Wildman–Crippen MR) is 94.9 cm³/mol. The van der Waals surface area contributed by atoms with Crippen LogP contribution in [-0.4, -0.2) is 13.1 Å². The van der Waals surface area contributed by atoms with Gasteiger partial charge < -0.3 is 10.6 Å². The molecule has 2 atom stereocenters. The molecule has 3 nitrogen and oxygen atoms in total. The third kappa shape index (κ3) is 4.65. The quantitative estimate of drug-likeness (QED) is 0.664. The molecule has 3 rings (SSSR count). The summed E-state index contributed by atoms with van der Waals surface area (Å²) in [6.45, 7) is 1.05. The van der Waals surface area contributed by atoms with Crippen molar-refractivity contribution in [2.24, 2.45) is 5.92 Å². The Hall–Kier alpha value is -2.73. The van der Waals surface area contributed by atoms with Gasteiger partial charge in [0.1, 0.15) is 0 Å². The van der Waals surface area contributed by atoms with E-state index in [0.29, 0.717) is 19.5 Å². The molecule has 154 valence electrons. The second-order valence-corrected chi connectivity index (χ2v) is 6.83. The van der Waals surface area contributed by atoms with Gasteiger partial charge >= 0.3 is 12.4 Å². The van der Waals surface area contributed by atoms with Crippen molar-refractivity contribution >= 4 is 5.69 Å². The molecule has 2 aromatic rings. The number of rotatable bonds is 4. The lowest BCUT2D eigenvalue weighted by atomic mass is 9.88. The van der Waals surface area contributed by atoms with Crippen molar-refractivity contribution in [2.75, 3.05) is 18.4 Å². The van der Waals surface area contributed by atoms with Gasteiger partial charge in [0.25, 0.3) is 0 Å². The maximum Gasteiger partial charge on any atom is 0.417 e. The summed E-state index contributed by atoms with van der Waals surface area (Å²) in [6.07, 6.45) is -8.77. The first-order valence-electron chi connectivity index (χ1n) is 8.86. The molecule has 0 aliphatic carbocycles. The summed E-state index contributed by atoms with van der Waals surface area (Å²) in [6, 6.07) is 8.76. The topological polar surface area (TPSA) is 47.9 Å². The second kappa shape index (κ2) is 7.95. The molecule has 0 aromatic heterocycles. The van der Waals surface area contributed by atoms with Crippen LogP contribution in [0.15, 0.2) is 42.5 Å². The van der Waals surface area contributed by atoms with Gasteiger partial charge in [0.2, 0.25) is 0 Å². The standard InChI is InChI=1S/C20H17F6N3/c21-19(22,23)16-4-2-1-3-15(16)18(13-7-8-28-11-13)29-14-6-5-12(10-27)17(9-14)20(24,25)26/h1-6,9,13,18,28-29H,7-8,11H2/t13-,18?/m0/s1. The van der Waals surface area contributed by atoms with Crippen LogP contribution in [0.4, 0.5) is 32.0 Å². The van der Waals surface area contributed by atoms with Gasteiger partial charge in [-0.2, -0.15) is 31.6 Å². The molecular formula is C20H17F6N3. The van der Waals surface area contributed by atoms with Crippen LogP contribution >= 0.6 is 0 Å². The monoisotopic (exact) mass is 413 g/mol. The molecule has 0 amide bonds. The van der Waals surface area contributed by atoms with E-state index in [-0.39, 0.29) is 17.2 Å². The fourth-order valence-corrected chi connectivity index (χ4v) is 3.58. The van der Waals surface area contributed by atoms with Crippen molar-refractivity contribution in [2.45, 2.75) is 24.8 Å². The Labute approximate surface area is 163 Å². The Balaban J connectivity index is 2.04. The third-order valence-electron chi connectivity index (χ3n) is 4.94. The number of anilines is 1. The van der Waals surface area contributed by atoms with Crippen LogP contribution < -0.4 is 10.6 Å². The number of nitriles is 1. The number of alkyl halides is 6. The van der Waals surface area contributed by atoms with E-state index >= 15 is 0 Å². The van der Waals surface area contributed by atoms with E-state index in [1.54, 1.807) is 0 Å². The molecule has 1 saturated heterocycles. The number of halogens is 6. The summed E-state index contributed by atoms with van der Waals surface area (Å²) in [5.74, 6) is -0.247. The highest BCUT2D eigenvalue weighted by atomic mass is 19.4. The summed E-state index contributed by atoms with van der Waals surface area (Å²) in [5, 5.41) is 14.9. The highest BCUT2D eigenvalue weighted by molar-refractivity contribution is 5.55. The Morgan fingerprint density at radius 2 is 1.69 bits per heavy atom. The van der Waals surface area contributed by atoms with Crippen molar-refractivity contribution < 1.29 is 26.3 Å². The molecule has 9 heteroatoms. The van der Waals surface area contributed by atoms with Crippen molar-refractivity contribution in [1.29, 1.82) is 5.26 Å². The lowest BCUT2D eigenvalue weighted by Crippen LogP contribution is -2.26. The van der Waals surface area contributed by atoms with Crippen molar-refractivity contribution in [3.05, 3.63) is 64.7 Å². The Morgan fingerprint density at radius 1 is 1.00 bits per heavy atom. The average Bonchev–Trinajstić information content (AvgIpc) is 3.19. The summed E-state index contributed by atoms with van der Waals surface area (Å²) in [4.78, 5) is 0. The Morgan fingerprint density at radius 3 is 2.28 bits per heavy atom. The van der Waals surface area contributed by atoms with E-state index in [4.69, 9.17) is 5.26 Å². The van der Waals surface area contributed by atoms with Gasteiger partial charge in [0.05, 0.1) is 28.8 Å². The minimum absolute atomic E-state index is 0.00482. The molecule has 0 spiro atoms. The van der Waals surface area contributed by atoms with E-state index in [1.807, 2.05) is 0 Å². The normalized spacial score (nSPS) is 18.3. The first-order chi connectivity index (χ1) is 13.6. The SMILES string of the molecule is N#Cc1ccc(NC(c2ccccc2C(F)(F)F)[C@H]2CCNC2)cc1C(F)(F)F. The van der Waals surface area contributed by atoms with Crippen LogP contribution in [0.3, 0.4) is 0 Å². The Kier molecular flexibility index (Phi) is 5.75. The molecule has 1 aliphatic rings. The highest BCUT2D eigenvalue weighted by Crippen LogP contribution is 2.40. The van der Waals surface area contributed by atoms with Gasteiger partial charge in [-0.15, -0.1) is 0 Å². The molecule has 2 aromatic carbocycles. The van der Waals surface area contributed by atoms with Crippen molar-refractivity contribution in [1.82, 2.24) is 5.32 Å². The molecule has 1 heterocycles. The van der Waals surface area contributed by atoms with E-state index in [9.17, 15) is 26.3 Å². The predicted octanol–water partition coefficient (Wildman–Crippen LogP) is 5.36. The van der Waals surface area contributed by atoms with Crippen LogP contribution in [-0.2, 0) is 12.4 Å². The maximum absolute atomic E-state index is 13.5. The number of hydrogen-bond acceptors (Lipinski definition) is 3. The fourth-order valence-electron chi connectivity index (χ4n) is 3.58. The van der Waals surface area contributed by atoms with Crippen LogP contribution in [0.1, 0.15) is 34.7 Å². The number of nitrogens with one attached hydrogen (secondary N) is 2.